The second kappa shape index (κ2) is 8.31. The number of anilines is 1. The molecule has 0 spiro atoms. The van der Waals surface area contributed by atoms with E-state index in [2.05, 4.69) is 15.6 Å². The number of methoxy groups -OCH3 is 1. The van der Waals surface area contributed by atoms with Crippen molar-refractivity contribution >= 4 is 28.4 Å². The van der Waals surface area contributed by atoms with Crippen molar-refractivity contribution in [1.82, 2.24) is 10.3 Å². The molecule has 2 aromatic carbocycles. The van der Waals surface area contributed by atoms with E-state index in [1.807, 2.05) is 43.3 Å². The van der Waals surface area contributed by atoms with Crippen molar-refractivity contribution in [3.8, 4) is 5.75 Å². The molecule has 138 valence electrons. The minimum atomic E-state index is -0.704. The fourth-order valence-electron chi connectivity index (χ4n) is 2.82. The zero-order valence-electron chi connectivity index (χ0n) is 15.2. The first-order chi connectivity index (χ1) is 13.1. The van der Waals surface area contributed by atoms with Gasteiger partial charge in [-0.1, -0.05) is 25.1 Å². The number of nitrogens with zero attached hydrogens (tertiary/aromatic N) is 1. The van der Waals surface area contributed by atoms with Gasteiger partial charge >= 0.3 is 11.8 Å². The Bertz CT molecular complexity index is 954. The number of hydrogen-bond acceptors (Lipinski definition) is 4. The number of benzene rings is 2. The van der Waals surface area contributed by atoms with Crippen molar-refractivity contribution in [2.45, 2.75) is 19.4 Å². The number of amides is 2. The van der Waals surface area contributed by atoms with Gasteiger partial charge in [0.15, 0.2) is 0 Å². The Morgan fingerprint density at radius 2 is 1.85 bits per heavy atom. The molecular weight excluding hydrogens is 342 g/mol. The van der Waals surface area contributed by atoms with E-state index in [-0.39, 0.29) is 6.04 Å². The highest BCUT2D eigenvalue weighted by Gasteiger charge is 2.19. The van der Waals surface area contributed by atoms with E-state index in [9.17, 15) is 9.59 Å². The molecule has 0 aliphatic heterocycles. The van der Waals surface area contributed by atoms with Gasteiger partial charge in [-0.2, -0.15) is 0 Å². The lowest BCUT2D eigenvalue weighted by atomic mass is 10.0. The summed E-state index contributed by atoms with van der Waals surface area (Å²) in [6, 6.07) is 16.2. The smallest absolute Gasteiger partial charge is 0.313 e. The van der Waals surface area contributed by atoms with Crippen molar-refractivity contribution < 1.29 is 14.3 Å². The number of pyridine rings is 1. The predicted octanol–water partition coefficient (Wildman–Crippen LogP) is 3.45. The first-order valence-electron chi connectivity index (χ1n) is 8.71. The van der Waals surface area contributed by atoms with Crippen LogP contribution >= 0.6 is 0 Å². The van der Waals surface area contributed by atoms with Crippen molar-refractivity contribution in [3.63, 3.8) is 0 Å². The predicted molar refractivity (Wildman–Crippen MR) is 105 cm³/mol. The standard InChI is InChI=1S/C21H21N3O3/c1-3-18(14-6-9-17(27-2)10-7-14)24-21(26)20(25)23-16-8-11-19-15(13-16)5-4-12-22-19/h4-13,18H,3H2,1-2H3,(H,23,25)(H,24,26)/t18-/m1/s1. The molecule has 0 saturated heterocycles. The lowest BCUT2D eigenvalue weighted by Gasteiger charge is -2.17. The molecule has 3 aromatic rings. The second-order valence-corrected chi connectivity index (χ2v) is 6.07. The Labute approximate surface area is 157 Å². The molecule has 1 heterocycles. The molecule has 6 nitrogen and oxygen atoms in total. The van der Waals surface area contributed by atoms with Gasteiger partial charge in [0.25, 0.3) is 0 Å². The number of hydrogen-bond donors (Lipinski definition) is 2. The molecule has 0 radical (unpaired) electrons. The van der Waals surface area contributed by atoms with Crippen LogP contribution in [0.25, 0.3) is 10.9 Å². The quantitative estimate of drug-likeness (QED) is 0.681. The third kappa shape index (κ3) is 4.41. The number of fused-ring (bicyclic) bond motifs is 1. The fraction of sp³-hybridized carbons (Fsp3) is 0.190. The van der Waals surface area contributed by atoms with Gasteiger partial charge in [-0.05, 0) is 48.4 Å². The Morgan fingerprint density at radius 3 is 2.56 bits per heavy atom. The van der Waals surface area contributed by atoms with Gasteiger partial charge in [0, 0.05) is 17.3 Å². The second-order valence-electron chi connectivity index (χ2n) is 6.07. The lowest BCUT2D eigenvalue weighted by Crippen LogP contribution is -2.37. The third-order valence-corrected chi connectivity index (χ3v) is 4.30. The molecule has 0 fully saturated rings. The highest BCUT2D eigenvalue weighted by atomic mass is 16.5. The fourth-order valence-corrected chi connectivity index (χ4v) is 2.82. The van der Waals surface area contributed by atoms with Crippen molar-refractivity contribution in [3.05, 3.63) is 66.4 Å². The Hall–Kier alpha value is -3.41. The molecule has 0 bridgehead atoms. The summed E-state index contributed by atoms with van der Waals surface area (Å²) < 4.78 is 5.14. The minimum Gasteiger partial charge on any atom is -0.497 e. The average Bonchev–Trinajstić information content (AvgIpc) is 2.71. The molecule has 0 aliphatic rings. The number of ether oxygens (including phenoxy) is 1. The van der Waals surface area contributed by atoms with Crippen molar-refractivity contribution in [2.75, 3.05) is 12.4 Å². The Morgan fingerprint density at radius 1 is 1.07 bits per heavy atom. The van der Waals surface area contributed by atoms with Gasteiger partial charge in [-0.15, -0.1) is 0 Å². The summed E-state index contributed by atoms with van der Waals surface area (Å²) in [6.07, 6.45) is 2.37. The average molecular weight is 363 g/mol. The summed E-state index contributed by atoms with van der Waals surface area (Å²) in [6.45, 7) is 1.95. The van der Waals surface area contributed by atoms with E-state index in [0.717, 1.165) is 22.2 Å². The largest absolute Gasteiger partial charge is 0.497 e. The van der Waals surface area contributed by atoms with E-state index < -0.39 is 11.8 Å². The zero-order valence-corrected chi connectivity index (χ0v) is 15.2. The SMILES string of the molecule is CC[C@@H](NC(=O)C(=O)Nc1ccc2ncccc2c1)c1ccc(OC)cc1. The summed E-state index contributed by atoms with van der Waals surface area (Å²) in [5, 5.41) is 6.30. The molecule has 0 aliphatic carbocycles. The van der Waals surface area contributed by atoms with Crippen LogP contribution in [0.2, 0.25) is 0 Å². The molecule has 0 unspecified atom stereocenters. The molecule has 1 aromatic heterocycles. The van der Waals surface area contributed by atoms with Crippen molar-refractivity contribution in [1.29, 1.82) is 0 Å². The van der Waals surface area contributed by atoms with Crippen LogP contribution in [0.3, 0.4) is 0 Å². The molecule has 1 atom stereocenters. The monoisotopic (exact) mass is 363 g/mol. The van der Waals surface area contributed by atoms with Crippen LogP contribution < -0.4 is 15.4 Å². The molecule has 27 heavy (non-hydrogen) atoms. The van der Waals surface area contributed by atoms with Crippen LogP contribution in [0.4, 0.5) is 5.69 Å². The molecule has 2 N–H and O–H groups in total. The van der Waals surface area contributed by atoms with Gasteiger partial charge in [-0.25, -0.2) is 0 Å². The van der Waals surface area contributed by atoms with Crippen LogP contribution in [-0.2, 0) is 9.59 Å². The molecule has 0 saturated carbocycles. The summed E-state index contributed by atoms with van der Waals surface area (Å²) in [7, 11) is 1.60. The molecule has 6 heteroatoms. The van der Waals surface area contributed by atoms with Crippen LogP contribution in [0.15, 0.2) is 60.8 Å². The summed E-state index contributed by atoms with van der Waals surface area (Å²) in [5.41, 5.74) is 2.29. The number of carbonyl (C=O) groups excluding carboxylic acids is 2. The van der Waals surface area contributed by atoms with Crippen LogP contribution in [0, 0.1) is 0 Å². The number of carbonyl (C=O) groups is 2. The van der Waals surface area contributed by atoms with E-state index in [0.29, 0.717) is 12.1 Å². The van der Waals surface area contributed by atoms with E-state index in [1.54, 1.807) is 31.5 Å². The first-order valence-corrected chi connectivity index (χ1v) is 8.71. The van der Waals surface area contributed by atoms with E-state index >= 15 is 0 Å². The number of rotatable bonds is 5. The van der Waals surface area contributed by atoms with Gasteiger partial charge < -0.3 is 15.4 Å². The lowest BCUT2D eigenvalue weighted by molar-refractivity contribution is -0.136. The van der Waals surface area contributed by atoms with Crippen LogP contribution in [-0.4, -0.2) is 23.9 Å². The molecular formula is C21H21N3O3. The first kappa shape index (κ1) is 18.4. The highest BCUT2D eigenvalue weighted by molar-refractivity contribution is 6.39. The highest BCUT2D eigenvalue weighted by Crippen LogP contribution is 2.20. The van der Waals surface area contributed by atoms with Crippen LogP contribution in [0.1, 0.15) is 24.9 Å². The molecule has 2 amide bonds. The van der Waals surface area contributed by atoms with Gasteiger partial charge in [0.2, 0.25) is 0 Å². The normalized spacial score (nSPS) is 11.6. The summed E-state index contributed by atoms with van der Waals surface area (Å²) in [5.74, 6) is -0.641. The van der Waals surface area contributed by atoms with E-state index in [1.165, 1.54) is 0 Å². The maximum atomic E-state index is 12.3. The van der Waals surface area contributed by atoms with Gasteiger partial charge in [0.05, 0.1) is 18.7 Å². The van der Waals surface area contributed by atoms with E-state index in [4.69, 9.17) is 4.74 Å². The number of aromatic nitrogens is 1. The summed E-state index contributed by atoms with van der Waals surface area (Å²) >= 11 is 0. The Kier molecular flexibility index (Phi) is 5.66. The van der Waals surface area contributed by atoms with Gasteiger partial charge in [0.1, 0.15) is 5.75 Å². The summed E-state index contributed by atoms with van der Waals surface area (Å²) in [4.78, 5) is 28.8. The Balaban J connectivity index is 1.66. The maximum absolute atomic E-state index is 12.3. The van der Waals surface area contributed by atoms with Crippen LogP contribution in [0.5, 0.6) is 5.75 Å². The molecule has 3 rings (SSSR count). The number of nitrogens with one attached hydrogen (secondary N) is 2. The van der Waals surface area contributed by atoms with Crippen molar-refractivity contribution in [2.24, 2.45) is 0 Å². The minimum absolute atomic E-state index is 0.255. The van der Waals surface area contributed by atoms with Gasteiger partial charge in [-0.3, -0.25) is 14.6 Å². The topological polar surface area (TPSA) is 80.3 Å². The maximum Gasteiger partial charge on any atom is 0.313 e. The zero-order chi connectivity index (χ0) is 19.2. The third-order valence-electron chi connectivity index (χ3n) is 4.30.